The van der Waals surface area contributed by atoms with Crippen LogP contribution in [0, 0.1) is 12.8 Å². The van der Waals surface area contributed by atoms with E-state index in [0.29, 0.717) is 86.4 Å². The fraction of sp³-hybridized carbons (Fsp3) is 0.491. The van der Waals surface area contributed by atoms with Crippen molar-refractivity contribution in [3.05, 3.63) is 127 Å². The molecule has 0 saturated carbocycles. The minimum absolute atomic E-state index is 0.00791. The fourth-order valence-electron chi connectivity index (χ4n) is 10.3. The summed E-state index contributed by atoms with van der Waals surface area (Å²) in [5, 5.41) is 24.3. The van der Waals surface area contributed by atoms with Crippen LogP contribution in [0.5, 0.6) is 5.75 Å². The Balaban J connectivity index is 0.691. The zero-order valence-corrected chi connectivity index (χ0v) is 47.9. The lowest BCUT2D eigenvalue weighted by atomic mass is 9.87. The van der Waals surface area contributed by atoms with Gasteiger partial charge in [-0.15, -0.1) is 11.3 Å². The van der Waals surface area contributed by atoms with Gasteiger partial charge in [0.05, 0.1) is 86.9 Å². The Labute approximate surface area is 473 Å². The van der Waals surface area contributed by atoms with Gasteiger partial charge in [-0.3, -0.25) is 24.0 Å². The molecule has 0 bridgehead atoms. The molecule has 0 spiro atoms. The van der Waals surface area contributed by atoms with E-state index in [0.717, 1.165) is 52.3 Å². The van der Waals surface area contributed by atoms with Crippen LogP contribution in [-0.4, -0.2) is 175 Å². The number of aromatic nitrogens is 3. The Morgan fingerprint density at radius 3 is 2.23 bits per heavy atom. The van der Waals surface area contributed by atoms with Crippen LogP contribution in [0.25, 0.3) is 10.4 Å². The Bertz CT molecular complexity index is 2940. The molecule has 1 unspecified atom stereocenters. The number of aryl methyl sites for hydroxylation is 2. The molecule has 0 aliphatic carbocycles. The number of likely N-dealkylation sites (N-methyl/N-ethyl adjacent to an activating group) is 1. The summed E-state index contributed by atoms with van der Waals surface area (Å²) in [5.74, 6) is -0.580. The van der Waals surface area contributed by atoms with Crippen molar-refractivity contribution in [1.29, 1.82) is 0 Å². The highest BCUT2D eigenvalue weighted by Gasteiger charge is 2.46. The molecule has 3 aromatic carbocycles. The summed E-state index contributed by atoms with van der Waals surface area (Å²) in [7, 11) is 3.70. The maximum Gasteiger partial charge on any atom is 0.282 e. The number of carbonyl (C=O) groups is 4. The highest BCUT2D eigenvalue weighted by Crippen LogP contribution is 2.34. The van der Waals surface area contributed by atoms with Crippen LogP contribution >= 0.6 is 27.3 Å². The molecule has 2 fully saturated rings. The number of anilines is 1. The number of aliphatic hydroxyl groups is 1. The number of carbonyl (C=O) groups excluding carboxylic acids is 4. The van der Waals surface area contributed by atoms with Gasteiger partial charge in [0, 0.05) is 75.5 Å². The number of rotatable bonds is 27. The Kier molecular flexibility index (Phi) is 21.2. The number of piperidine rings is 1. The second-order valence-corrected chi connectivity index (χ2v) is 22.1. The molecule has 5 atom stereocenters. The number of halogens is 1. The average Bonchev–Trinajstić information content (AvgIpc) is 4.26. The van der Waals surface area contributed by atoms with E-state index in [9.17, 15) is 29.1 Å². The molecule has 5 aromatic rings. The van der Waals surface area contributed by atoms with Crippen LogP contribution < -0.4 is 26.2 Å². The number of β-amino-alcohol motifs (C(OH)–C–C–N with tert-alkyl or cyclic N) is 1. The van der Waals surface area contributed by atoms with E-state index >= 15 is 0 Å². The molecule has 2 aromatic heterocycles. The van der Waals surface area contributed by atoms with Gasteiger partial charge in [0.2, 0.25) is 11.8 Å². The van der Waals surface area contributed by atoms with Gasteiger partial charge in [0.25, 0.3) is 17.4 Å². The van der Waals surface area contributed by atoms with Crippen molar-refractivity contribution < 1.29 is 48.0 Å². The minimum atomic E-state index is -0.919. The van der Waals surface area contributed by atoms with Crippen LogP contribution in [-0.2, 0) is 48.7 Å². The number of nitrogens with one attached hydrogen (secondary N) is 3. The van der Waals surface area contributed by atoms with E-state index in [-0.39, 0.29) is 73.9 Å². The Morgan fingerprint density at radius 1 is 0.848 bits per heavy atom. The molecule has 4 N–H and O–H groups in total. The summed E-state index contributed by atoms with van der Waals surface area (Å²) in [4.78, 5) is 77.5. The van der Waals surface area contributed by atoms with Crippen LogP contribution in [0.15, 0.2) is 87.7 Å². The highest BCUT2D eigenvalue weighted by atomic mass is 79.9. The molecule has 2 saturated heterocycles. The van der Waals surface area contributed by atoms with Crippen molar-refractivity contribution >= 4 is 56.6 Å². The van der Waals surface area contributed by atoms with Gasteiger partial charge in [-0.1, -0.05) is 56.3 Å². The van der Waals surface area contributed by atoms with Crippen molar-refractivity contribution in [3.8, 4) is 16.2 Å². The SMILES string of the molecule is Cc1ncsc1-c1ccc(CNC(=O)[C@@H]2C[C@@H](O)CN2C(=O)C(C(C)C)N2Cc3ccccc3C2=O)c(OCCOCCOCCOCCOCCNC(=O)c2ccc([C@H]3C[C@@H](Nc4cnn(C)c(=O)c4Br)CN(C)C3)cc2)c1. The summed E-state index contributed by atoms with van der Waals surface area (Å²) in [6.07, 6.45) is 1.72. The number of thiazole rings is 1. The van der Waals surface area contributed by atoms with Crippen molar-refractivity contribution in [2.45, 2.75) is 76.8 Å². The third-order valence-electron chi connectivity index (χ3n) is 14.3. The molecule has 4 amide bonds. The summed E-state index contributed by atoms with van der Waals surface area (Å²) in [5.41, 5.74) is 7.95. The summed E-state index contributed by atoms with van der Waals surface area (Å²) < 4.78 is 30.8. The first kappa shape index (κ1) is 59.0. The number of aliphatic hydroxyl groups excluding tert-OH is 1. The molecule has 79 heavy (non-hydrogen) atoms. The van der Waals surface area contributed by atoms with Gasteiger partial charge in [0.1, 0.15) is 28.9 Å². The van der Waals surface area contributed by atoms with Crippen molar-refractivity contribution in [1.82, 2.24) is 40.1 Å². The lowest BCUT2D eigenvalue weighted by Gasteiger charge is -2.37. The quantitative estimate of drug-likeness (QED) is 0.0507. The van der Waals surface area contributed by atoms with Crippen LogP contribution in [0.2, 0.25) is 0 Å². The largest absolute Gasteiger partial charge is 0.491 e. The number of ether oxygens (including phenoxy) is 5. The first-order valence-corrected chi connectivity index (χ1v) is 28.5. The summed E-state index contributed by atoms with van der Waals surface area (Å²) in [6.45, 7) is 11.3. The number of fused-ring (bicyclic) bond motifs is 1. The third kappa shape index (κ3) is 15.4. The average molecular weight is 1170 g/mol. The van der Waals surface area contributed by atoms with Crippen molar-refractivity contribution in [2.75, 3.05) is 98.0 Å². The van der Waals surface area contributed by atoms with Gasteiger partial charge in [-0.25, -0.2) is 9.67 Å². The normalized spacial score (nSPS) is 18.7. The lowest BCUT2D eigenvalue weighted by molar-refractivity contribution is -0.143. The third-order valence-corrected chi connectivity index (χ3v) is 16.1. The predicted molar refractivity (Wildman–Crippen MR) is 302 cm³/mol. The summed E-state index contributed by atoms with van der Waals surface area (Å²) in [6, 6.07) is 19.2. The van der Waals surface area contributed by atoms with Gasteiger partial charge < -0.3 is 59.4 Å². The number of hydrogen-bond acceptors (Lipinski definition) is 16. The molecular weight excluding hydrogens is 1100 g/mol. The molecule has 0 radical (unpaired) electrons. The van der Waals surface area contributed by atoms with Gasteiger partial charge in [-0.2, -0.15) is 5.10 Å². The number of nitrogens with zero attached hydrogens (tertiary/aromatic N) is 6. The topological polar surface area (TPSA) is 228 Å². The van der Waals surface area contributed by atoms with E-state index in [1.54, 1.807) is 35.8 Å². The maximum atomic E-state index is 14.2. The van der Waals surface area contributed by atoms with E-state index in [2.05, 4.69) is 53.9 Å². The second kappa shape index (κ2) is 28.3. The molecule has 20 nitrogen and oxygen atoms in total. The van der Waals surface area contributed by atoms with E-state index in [1.807, 2.05) is 75.4 Å². The second-order valence-electron chi connectivity index (χ2n) is 20.5. The van der Waals surface area contributed by atoms with Gasteiger partial charge >= 0.3 is 0 Å². The van der Waals surface area contributed by atoms with Crippen LogP contribution in [0.3, 0.4) is 0 Å². The molecule has 22 heteroatoms. The molecule has 8 rings (SSSR count). The molecular formula is C57H72BrN9O11S. The molecule has 5 heterocycles. The highest BCUT2D eigenvalue weighted by molar-refractivity contribution is 9.10. The van der Waals surface area contributed by atoms with Gasteiger partial charge in [-0.05, 0) is 89.1 Å². The predicted octanol–water partition coefficient (Wildman–Crippen LogP) is 5.01. The zero-order chi connectivity index (χ0) is 56.0. The van der Waals surface area contributed by atoms with Crippen molar-refractivity contribution in [2.24, 2.45) is 13.0 Å². The number of hydrogen-bond donors (Lipinski definition) is 4. The lowest BCUT2D eigenvalue weighted by Crippen LogP contribution is -2.55. The molecule has 3 aliphatic heterocycles. The first-order chi connectivity index (χ1) is 38.2. The standard InChI is InChI=1S/C57H72BrN9O11S/c1-36(2)51(67-32-42-8-6-7-9-46(42)55(67)71)57(73)66-34-45(68)28-48(66)54(70)60-29-41-15-14-40(52-37(3)61-35-79-52)27-49(41)78-25-24-77-23-22-76-21-20-75-19-18-74-17-16-59-53(69)39-12-10-38(11-13-39)43-26-44(33-64(4)31-43)63-47-30-62-65(5)56(72)50(47)58/h6-15,27,30,35-36,43-45,48,51,63,68H,16-26,28-29,31-34H2,1-5H3,(H,59,69)(H,60,70)/t43-,44+,45+,48-,51?/m0/s1. The van der Waals surface area contributed by atoms with E-state index in [1.165, 1.54) is 20.9 Å². The number of benzene rings is 3. The molecule has 424 valence electrons. The maximum absolute atomic E-state index is 14.2. The van der Waals surface area contributed by atoms with E-state index in [4.69, 9.17) is 23.7 Å². The smallest absolute Gasteiger partial charge is 0.282 e. The van der Waals surface area contributed by atoms with Crippen molar-refractivity contribution in [3.63, 3.8) is 0 Å². The fourth-order valence-corrected chi connectivity index (χ4v) is 11.6. The first-order valence-electron chi connectivity index (χ1n) is 26.8. The Hall–Kier alpha value is -6.11. The van der Waals surface area contributed by atoms with Crippen LogP contribution in [0.4, 0.5) is 5.69 Å². The Morgan fingerprint density at radius 2 is 1.54 bits per heavy atom. The van der Waals surface area contributed by atoms with E-state index < -0.39 is 24.1 Å². The monoisotopic (exact) mass is 1170 g/mol. The van der Waals surface area contributed by atoms with Crippen LogP contribution in [0.1, 0.15) is 75.7 Å². The number of amides is 4. The molecule has 3 aliphatic rings. The summed E-state index contributed by atoms with van der Waals surface area (Å²) >= 11 is 4.93. The minimum Gasteiger partial charge on any atom is -0.491 e. The zero-order valence-electron chi connectivity index (χ0n) is 45.5. The number of likely N-dealkylation sites (tertiary alicyclic amines) is 2. The van der Waals surface area contributed by atoms with Gasteiger partial charge in [0.15, 0.2) is 0 Å².